The number of likely N-dealkylation sites (tertiary alicyclic amines) is 1. The summed E-state index contributed by atoms with van der Waals surface area (Å²) in [5.41, 5.74) is 5.37. The summed E-state index contributed by atoms with van der Waals surface area (Å²) >= 11 is 0. The molecule has 0 aromatic rings. The molecular weight excluding hydrogens is 180 g/mol. The predicted molar refractivity (Wildman–Crippen MR) is 56.1 cm³/mol. The molecule has 14 heavy (non-hydrogen) atoms. The van der Waals surface area contributed by atoms with Crippen molar-refractivity contribution in [1.29, 1.82) is 0 Å². The summed E-state index contributed by atoms with van der Waals surface area (Å²) in [6.07, 6.45) is 2.28. The van der Waals surface area contributed by atoms with Crippen LogP contribution in [0.4, 0.5) is 0 Å². The third-order valence-corrected chi connectivity index (χ3v) is 2.53. The number of hydrogen-bond acceptors (Lipinski definition) is 4. The van der Waals surface area contributed by atoms with E-state index in [1.165, 1.54) is 0 Å². The molecule has 1 atom stereocenters. The number of nitrogens with zero attached hydrogens (tertiary/aromatic N) is 1. The minimum absolute atomic E-state index is 0.225. The van der Waals surface area contributed by atoms with Gasteiger partial charge in [0.1, 0.15) is 0 Å². The Morgan fingerprint density at radius 3 is 2.64 bits per heavy atom. The van der Waals surface area contributed by atoms with Crippen molar-refractivity contribution in [3.8, 4) is 0 Å². The normalized spacial score (nSPS) is 22.5. The van der Waals surface area contributed by atoms with Crippen LogP contribution in [0.15, 0.2) is 0 Å². The molecule has 0 spiro atoms. The summed E-state index contributed by atoms with van der Waals surface area (Å²) in [6, 6.07) is 0. The van der Waals surface area contributed by atoms with Gasteiger partial charge in [0.05, 0.1) is 18.8 Å². The average molecular weight is 202 g/mol. The lowest BCUT2D eigenvalue weighted by molar-refractivity contribution is 0.00286. The van der Waals surface area contributed by atoms with E-state index in [-0.39, 0.29) is 6.10 Å². The number of piperidine rings is 1. The molecular formula is C10H22N2O2. The van der Waals surface area contributed by atoms with Crippen LogP contribution in [-0.2, 0) is 4.74 Å². The quantitative estimate of drug-likeness (QED) is 0.648. The first-order valence-electron chi connectivity index (χ1n) is 5.44. The summed E-state index contributed by atoms with van der Waals surface area (Å²) < 4.78 is 5.57. The fourth-order valence-electron chi connectivity index (χ4n) is 1.87. The molecule has 1 fully saturated rings. The van der Waals surface area contributed by atoms with Crippen molar-refractivity contribution in [3.63, 3.8) is 0 Å². The van der Waals surface area contributed by atoms with Crippen LogP contribution in [-0.4, -0.2) is 55.0 Å². The molecule has 0 aromatic carbocycles. The Morgan fingerprint density at radius 1 is 1.50 bits per heavy atom. The van der Waals surface area contributed by atoms with E-state index in [0.717, 1.165) is 32.5 Å². The highest BCUT2D eigenvalue weighted by atomic mass is 16.5. The minimum Gasteiger partial charge on any atom is -0.392 e. The van der Waals surface area contributed by atoms with Gasteiger partial charge < -0.3 is 20.5 Å². The molecule has 0 radical (unpaired) electrons. The van der Waals surface area contributed by atoms with Crippen LogP contribution in [0.3, 0.4) is 0 Å². The molecule has 0 aliphatic carbocycles. The lowest BCUT2D eigenvalue weighted by atomic mass is 10.1. The maximum atomic E-state index is 9.22. The zero-order valence-electron chi connectivity index (χ0n) is 8.98. The van der Waals surface area contributed by atoms with Gasteiger partial charge >= 0.3 is 0 Å². The van der Waals surface area contributed by atoms with Crippen LogP contribution >= 0.6 is 0 Å². The maximum absolute atomic E-state index is 9.22. The number of rotatable bonds is 5. The number of aliphatic hydroxyl groups is 1. The highest BCUT2D eigenvalue weighted by molar-refractivity contribution is 4.73. The van der Waals surface area contributed by atoms with Gasteiger partial charge in [-0.2, -0.15) is 0 Å². The lowest BCUT2D eigenvalue weighted by Gasteiger charge is -2.32. The Hall–Kier alpha value is -0.160. The van der Waals surface area contributed by atoms with Gasteiger partial charge in [-0.15, -0.1) is 0 Å². The highest BCUT2D eigenvalue weighted by Gasteiger charge is 2.19. The van der Waals surface area contributed by atoms with Crippen molar-refractivity contribution in [2.75, 3.05) is 32.8 Å². The van der Waals surface area contributed by atoms with E-state index in [2.05, 4.69) is 4.90 Å². The topological polar surface area (TPSA) is 58.7 Å². The van der Waals surface area contributed by atoms with Crippen LogP contribution in [0.25, 0.3) is 0 Å². The van der Waals surface area contributed by atoms with Crippen LogP contribution in [0.1, 0.15) is 19.8 Å². The smallest absolute Gasteiger partial charge is 0.0639 e. The Balaban J connectivity index is 2.11. The van der Waals surface area contributed by atoms with Crippen molar-refractivity contribution >= 4 is 0 Å². The molecule has 0 amide bonds. The first-order valence-corrected chi connectivity index (χ1v) is 5.44. The monoisotopic (exact) mass is 202 g/mol. The van der Waals surface area contributed by atoms with Gasteiger partial charge in [0.2, 0.25) is 0 Å². The van der Waals surface area contributed by atoms with Crippen LogP contribution in [0.2, 0.25) is 0 Å². The Kier molecular flexibility index (Phi) is 5.40. The SMILES string of the molecule is CC(O)CN1CCC(OCCN)CC1. The van der Waals surface area contributed by atoms with Crippen LogP contribution in [0, 0.1) is 0 Å². The second-order valence-corrected chi connectivity index (χ2v) is 4.01. The molecule has 1 saturated heterocycles. The Labute approximate surface area is 86.0 Å². The molecule has 0 saturated carbocycles. The van der Waals surface area contributed by atoms with Crippen LogP contribution in [0.5, 0.6) is 0 Å². The first-order chi connectivity index (χ1) is 6.72. The summed E-state index contributed by atoms with van der Waals surface area (Å²) in [5, 5.41) is 9.22. The second kappa shape index (κ2) is 6.35. The van der Waals surface area contributed by atoms with Gasteiger partial charge in [0.25, 0.3) is 0 Å². The van der Waals surface area contributed by atoms with Crippen molar-refractivity contribution in [2.45, 2.75) is 32.0 Å². The van der Waals surface area contributed by atoms with E-state index >= 15 is 0 Å². The molecule has 4 heteroatoms. The fraction of sp³-hybridized carbons (Fsp3) is 1.00. The molecule has 0 aromatic heterocycles. The number of ether oxygens (including phenoxy) is 1. The summed E-state index contributed by atoms with van der Waals surface area (Å²) in [6.45, 7) is 5.94. The predicted octanol–water partition coefficient (Wildman–Crippen LogP) is -0.193. The van der Waals surface area contributed by atoms with Crippen LogP contribution < -0.4 is 5.73 Å². The molecule has 0 bridgehead atoms. The molecule has 3 N–H and O–H groups in total. The summed E-state index contributed by atoms with van der Waals surface area (Å²) in [5.74, 6) is 0. The number of nitrogens with two attached hydrogens (primary N) is 1. The maximum Gasteiger partial charge on any atom is 0.0639 e. The molecule has 4 nitrogen and oxygen atoms in total. The second-order valence-electron chi connectivity index (χ2n) is 4.01. The fourth-order valence-corrected chi connectivity index (χ4v) is 1.87. The molecule has 1 aliphatic heterocycles. The standard InChI is InChI=1S/C10H22N2O2/c1-9(13)8-12-5-2-10(3-6-12)14-7-4-11/h9-10,13H,2-8,11H2,1H3. The van der Waals surface area contributed by atoms with Crippen molar-refractivity contribution in [3.05, 3.63) is 0 Å². The van der Waals surface area contributed by atoms with Crippen molar-refractivity contribution in [2.24, 2.45) is 5.73 Å². The van der Waals surface area contributed by atoms with Crippen molar-refractivity contribution < 1.29 is 9.84 Å². The molecule has 1 rings (SSSR count). The van der Waals surface area contributed by atoms with E-state index in [0.29, 0.717) is 19.3 Å². The number of aliphatic hydroxyl groups excluding tert-OH is 1. The van der Waals surface area contributed by atoms with Gasteiger partial charge in [-0.25, -0.2) is 0 Å². The van der Waals surface area contributed by atoms with Gasteiger partial charge in [0, 0.05) is 26.2 Å². The van der Waals surface area contributed by atoms with Gasteiger partial charge in [-0.3, -0.25) is 0 Å². The Morgan fingerprint density at radius 2 is 2.14 bits per heavy atom. The largest absolute Gasteiger partial charge is 0.392 e. The average Bonchev–Trinajstić information content (AvgIpc) is 2.16. The Bertz CT molecular complexity index is 145. The summed E-state index contributed by atoms with van der Waals surface area (Å²) in [7, 11) is 0. The van der Waals surface area contributed by atoms with E-state index in [9.17, 15) is 5.11 Å². The minimum atomic E-state index is -0.225. The third kappa shape index (κ3) is 4.37. The van der Waals surface area contributed by atoms with Gasteiger partial charge in [0.15, 0.2) is 0 Å². The zero-order chi connectivity index (χ0) is 10.4. The zero-order valence-corrected chi connectivity index (χ0v) is 8.98. The van der Waals surface area contributed by atoms with E-state index in [1.54, 1.807) is 0 Å². The molecule has 1 unspecified atom stereocenters. The molecule has 1 aliphatic rings. The highest BCUT2D eigenvalue weighted by Crippen LogP contribution is 2.13. The number of β-amino-alcohol motifs (C(OH)–C–C–N with tert-alkyl or cyclic N) is 1. The van der Waals surface area contributed by atoms with E-state index in [1.807, 2.05) is 6.92 Å². The lowest BCUT2D eigenvalue weighted by Crippen LogP contribution is -2.40. The van der Waals surface area contributed by atoms with E-state index in [4.69, 9.17) is 10.5 Å². The molecule has 84 valence electrons. The van der Waals surface area contributed by atoms with Gasteiger partial charge in [-0.05, 0) is 19.8 Å². The number of hydrogen-bond donors (Lipinski definition) is 2. The first kappa shape index (κ1) is 11.9. The summed E-state index contributed by atoms with van der Waals surface area (Å²) in [4.78, 5) is 2.28. The van der Waals surface area contributed by atoms with Crippen molar-refractivity contribution in [1.82, 2.24) is 4.90 Å². The van der Waals surface area contributed by atoms with E-state index < -0.39 is 0 Å². The van der Waals surface area contributed by atoms with Gasteiger partial charge in [-0.1, -0.05) is 0 Å². The third-order valence-electron chi connectivity index (χ3n) is 2.53. The molecule has 1 heterocycles.